The van der Waals surface area contributed by atoms with Crippen molar-refractivity contribution in [3.63, 3.8) is 0 Å². The normalized spacial score (nSPS) is 21.2. The average molecular weight is 319 g/mol. The maximum Gasteiger partial charge on any atom is 0.208 e. The Morgan fingerprint density at radius 1 is 1.50 bits per heavy atom. The predicted molar refractivity (Wildman–Crippen MR) is 79.3 cm³/mol. The highest BCUT2D eigenvalue weighted by atomic mass is 32.2. The van der Waals surface area contributed by atoms with E-state index in [4.69, 9.17) is 12.2 Å². The Bertz CT molecular complexity index is 634. The Balaban J connectivity index is 2.03. The minimum Gasteiger partial charge on any atom is -0.307 e. The fourth-order valence-electron chi connectivity index (χ4n) is 2.46. The second-order valence-electron chi connectivity index (χ2n) is 5.34. The zero-order valence-corrected chi connectivity index (χ0v) is 13.7. The summed E-state index contributed by atoms with van der Waals surface area (Å²) in [7, 11) is -1.26. The Hall–Kier alpha value is -0.770. The van der Waals surface area contributed by atoms with Crippen LogP contribution >= 0.6 is 12.2 Å². The number of nitrogens with zero attached hydrogens (tertiary/aromatic N) is 4. The van der Waals surface area contributed by atoms with Crippen molar-refractivity contribution in [3.05, 3.63) is 10.6 Å². The third-order valence-corrected chi connectivity index (χ3v) is 4.72. The van der Waals surface area contributed by atoms with Crippen LogP contribution in [0.4, 0.5) is 0 Å². The molecule has 0 unspecified atom stereocenters. The van der Waals surface area contributed by atoms with Gasteiger partial charge in [-0.15, -0.1) is 0 Å². The number of hydrogen-bond acceptors (Lipinski definition) is 5. The van der Waals surface area contributed by atoms with Crippen molar-refractivity contribution in [1.29, 1.82) is 0 Å². The van der Waals surface area contributed by atoms with Gasteiger partial charge in [0.05, 0.1) is 12.9 Å². The summed E-state index contributed by atoms with van der Waals surface area (Å²) in [6.45, 7) is 4.13. The molecule has 9 heteroatoms. The van der Waals surface area contributed by atoms with E-state index in [9.17, 15) is 8.42 Å². The molecule has 0 amide bonds. The zero-order chi connectivity index (χ0) is 14.9. The van der Waals surface area contributed by atoms with Gasteiger partial charge in [0.1, 0.15) is 5.82 Å². The third-order valence-electron chi connectivity index (χ3n) is 3.48. The van der Waals surface area contributed by atoms with Crippen LogP contribution in [-0.4, -0.2) is 53.1 Å². The molecule has 1 aromatic heterocycles. The van der Waals surface area contributed by atoms with E-state index in [0.29, 0.717) is 18.0 Å². The van der Waals surface area contributed by atoms with Crippen molar-refractivity contribution in [3.8, 4) is 0 Å². The summed E-state index contributed by atoms with van der Waals surface area (Å²) in [5, 5.41) is 4.40. The van der Waals surface area contributed by atoms with Crippen LogP contribution < -0.4 is 4.72 Å². The lowest BCUT2D eigenvalue weighted by molar-refractivity contribution is 0.152. The molecule has 1 N–H and O–H groups in total. The van der Waals surface area contributed by atoms with E-state index in [1.807, 2.05) is 18.5 Å². The first-order valence-corrected chi connectivity index (χ1v) is 8.86. The minimum absolute atomic E-state index is 0.0299. The Labute approximate surface area is 124 Å². The van der Waals surface area contributed by atoms with Gasteiger partial charge in [-0.05, 0) is 32.0 Å². The molecule has 20 heavy (non-hydrogen) atoms. The summed E-state index contributed by atoms with van der Waals surface area (Å²) >= 11 is 5.32. The number of hydrogen-bond donors (Lipinski definition) is 1. The number of aryl methyl sites for hydroxylation is 1. The van der Waals surface area contributed by atoms with Crippen molar-refractivity contribution < 1.29 is 8.42 Å². The number of piperidine rings is 1. The van der Waals surface area contributed by atoms with Crippen LogP contribution in [0, 0.1) is 11.7 Å². The summed E-state index contributed by atoms with van der Waals surface area (Å²) in [6, 6.07) is -0.0299. The first kappa shape index (κ1) is 15.6. The summed E-state index contributed by atoms with van der Waals surface area (Å²) in [4.78, 5) is 2.18. The predicted octanol–water partition coefficient (Wildman–Crippen LogP) is 0.231. The summed E-state index contributed by atoms with van der Waals surface area (Å²) in [5.74, 6) is 0.873. The molecule has 1 fully saturated rings. The van der Waals surface area contributed by atoms with Crippen molar-refractivity contribution in [1.82, 2.24) is 24.0 Å². The van der Waals surface area contributed by atoms with E-state index in [1.165, 1.54) is 6.26 Å². The van der Waals surface area contributed by atoms with E-state index < -0.39 is 10.0 Å². The molecule has 2 rings (SSSR count). The summed E-state index contributed by atoms with van der Waals surface area (Å²) < 4.78 is 29.6. The molecule has 1 aliphatic rings. The summed E-state index contributed by atoms with van der Waals surface area (Å²) in [5.41, 5.74) is 0. The van der Waals surface area contributed by atoms with Gasteiger partial charge in [-0.3, -0.25) is 4.90 Å². The van der Waals surface area contributed by atoms with Gasteiger partial charge < -0.3 is 4.57 Å². The minimum atomic E-state index is -3.15. The van der Waals surface area contributed by atoms with E-state index in [0.717, 1.165) is 25.2 Å². The monoisotopic (exact) mass is 319 g/mol. The SMILES string of the molecule is Cc1nn(CN2CCC[C@@H](NS(C)(=O)=O)C2)c(=S)n1C. The van der Waals surface area contributed by atoms with Crippen molar-refractivity contribution in [2.24, 2.45) is 7.05 Å². The molecule has 0 radical (unpaired) electrons. The first-order chi connectivity index (χ1) is 9.26. The highest BCUT2D eigenvalue weighted by Gasteiger charge is 2.23. The second-order valence-corrected chi connectivity index (χ2v) is 7.48. The lowest BCUT2D eigenvalue weighted by Crippen LogP contribution is -2.47. The standard InChI is InChI=1S/C11H21N5O2S2/c1-9-12-16(11(19)14(9)2)8-15-6-4-5-10(7-15)13-20(3,17)18/h10,13H,4-8H2,1-3H3/t10-/m1/s1. The fourth-order valence-corrected chi connectivity index (χ4v) is 3.49. The molecule has 1 aromatic rings. The van der Waals surface area contributed by atoms with Gasteiger partial charge >= 0.3 is 0 Å². The topological polar surface area (TPSA) is 72.2 Å². The molecular formula is C11H21N5O2S2. The molecule has 0 saturated carbocycles. The van der Waals surface area contributed by atoms with Gasteiger partial charge in [-0.2, -0.15) is 5.10 Å². The van der Waals surface area contributed by atoms with Gasteiger partial charge in [0.15, 0.2) is 4.77 Å². The fraction of sp³-hybridized carbons (Fsp3) is 0.818. The Morgan fingerprint density at radius 2 is 2.20 bits per heavy atom. The number of rotatable bonds is 4. The van der Waals surface area contributed by atoms with E-state index in [-0.39, 0.29) is 6.04 Å². The maximum absolute atomic E-state index is 11.3. The van der Waals surface area contributed by atoms with Gasteiger partial charge in [0.2, 0.25) is 10.0 Å². The molecule has 2 heterocycles. The molecule has 0 aromatic carbocycles. The van der Waals surface area contributed by atoms with E-state index >= 15 is 0 Å². The highest BCUT2D eigenvalue weighted by Crippen LogP contribution is 2.12. The quantitative estimate of drug-likeness (QED) is 0.805. The Kier molecular flexibility index (Phi) is 4.62. The molecule has 1 aliphatic heterocycles. The number of sulfonamides is 1. The van der Waals surface area contributed by atoms with Crippen LogP contribution in [0.3, 0.4) is 0 Å². The molecule has 0 spiro atoms. The number of likely N-dealkylation sites (tertiary alicyclic amines) is 1. The summed E-state index contributed by atoms with van der Waals surface area (Å²) in [6.07, 6.45) is 3.03. The molecule has 114 valence electrons. The first-order valence-electron chi connectivity index (χ1n) is 6.56. The van der Waals surface area contributed by atoms with Crippen LogP contribution in [0.1, 0.15) is 18.7 Å². The largest absolute Gasteiger partial charge is 0.307 e. The van der Waals surface area contributed by atoms with Crippen LogP contribution in [0.5, 0.6) is 0 Å². The third kappa shape index (κ3) is 3.87. The molecule has 7 nitrogen and oxygen atoms in total. The molecule has 0 bridgehead atoms. The van der Waals surface area contributed by atoms with Crippen LogP contribution in [0.25, 0.3) is 0 Å². The molecular weight excluding hydrogens is 298 g/mol. The zero-order valence-electron chi connectivity index (χ0n) is 12.0. The van der Waals surface area contributed by atoms with Crippen molar-refractivity contribution in [2.45, 2.75) is 32.5 Å². The number of nitrogens with one attached hydrogen (secondary N) is 1. The van der Waals surface area contributed by atoms with Crippen LogP contribution in [0.2, 0.25) is 0 Å². The highest BCUT2D eigenvalue weighted by molar-refractivity contribution is 7.88. The average Bonchev–Trinajstić information content (AvgIpc) is 2.55. The van der Waals surface area contributed by atoms with E-state index in [1.54, 1.807) is 4.68 Å². The van der Waals surface area contributed by atoms with Gasteiger partial charge in [0.25, 0.3) is 0 Å². The van der Waals surface area contributed by atoms with Gasteiger partial charge in [0, 0.05) is 26.2 Å². The number of aromatic nitrogens is 3. The van der Waals surface area contributed by atoms with Gasteiger partial charge in [-0.1, -0.05) is 0 Å². The van der Waals surface area contributed by atoms with Crippen molar-refractivity contribution in [2.75, 3.05) is 19.3 Å². The molecule has 0 aliphatic carbocycles. The lowest BCUT2D eigenvalue weighted by Gasteiger charge is -2.32. The lowest BCUT2D eigenvalue weighted by atomic mass is 10.1. The maximum atomic E-state index is 11.3. The molecule has 1 saturated heterocycles. The van der Waals surface area contributed by atoms with Gasteiger partial charge in [-0.25, -0.2) is 17.8 Å². The smallest absolute Gasteiger partial charge is 0.208 e. The molecule has 1 atom stereocenters. The van der Waals surface area contributed by atoms with Crippen LogP contribution in [-0.2, 0) is 23.7 Å². The second kappa shape index (κ2) is 5.92. The van der Waals surface area contributed by atoms with E-state index in [2.05, 4.69) is 14.7 Å². The van der Waals surface area contributed by atoms with Crippen LogP contribution in [0.15, 0.2) is 0 Å². The Morgan fingerprint density at radius 3 is 2.75 bits per heavy atom. The van der Waals surface area contributed by atoms with Crippen molar-refractivity contribution >= 4 is 22.2 Å².